The van der Waals surface area contributed by atoms with Crippen molar-refractivity contribution in [3.63, 3.8) is 0 Å². The summed E-state index contributed by atoms with van der Waals surface area (Å²) >= 11 is 0. The van der Waals surface area contributed by atoms with Crippen molar-refractivity contribution < 1.29 is 14.3 Å². The molecular weight excluding hydrogens is 402 g/mol. The summed E-state index contributed by atoms with van der Waals surface area (Å²) in [4.78, 5) is 15.2. The number of urea groups is 1. The lowest BCUT2D eigenvalue weighted by atomic mass is 9.65. The molecule has 1 heterocycles. The lowest BCUT2D eigenvalue weighted by Crippen LogP contribution is -2.52. The van der Waals surface area contributed by atoms with Crippen molar-refractivity contribution in [2.45, 2.75) is 57.0 Å². The van der Waals surface area contributed by atoms with Gasteiger partial charge >= 0.3 is 6.03 Å². The molecule has 0 spiro atoms. The molecule has 32 heavy (non-hydrogen) atoms. The standard InChI is InChI=1S/C26H35N3O3/c1-17-7-6-8-18(2)24(17)28-25(30)27-20-11-12-26(13-14-29(3)23(26)16-20)19-9-10-21(31-4)22(15-19)32-5/h6-10,15,20,23H,11-14,16H2,1-5H3,(H2,27,28,30)/t20-,23+,26-/m0/s1. The highest BCUT2D eigenvalue weighted by Crippen LogP contribution is 2.49. The second-order valence-electron chi connectivity index (χ2n) is 9.31. The van der Waals surface area contributed by atoms with E-state index >= 15 is 0 Å². The average Bonchev–Trinajstić information content (AvgIpc) is 3.13. The third-order valence-electron chi connectivity index (χ3n) is 7.54. The average molecular weight is 438 g/mol. The normalized spacial score (nSPS) is 25.2. The Morgan fingerprint density at radius 3 is 2.47 bits per heavy atom. The maximum atomic E-state index is 12.8. The van der Waals surface area contributed by atoms with Crippen LogP contribution in [0.5, 0.6) is 11.5 Å². The van der Waals surface area contributed by atoms with Gasteiger partial charge in [0.15, 0.2) is 11.5 Å². The van der Waals surface area contributed by atoms with Gasteiger partial charge in [-0.25, -0.2) is 4.79 Å². The van der Waals surface area contributed by atoms with Crippen LogP contribution < -0.4 is 20.1 Å². The van der Waals surface area contributed by atoms with E-state index in [2.05, 4.69) is 34.7 Å². The summed E-state index contributed by atoms with van der Waals surface area (Å²) < 4.78 is 11.0. The largest absolute Gasteiger partial charge is 0.493 e. The number of benzene rings is 2. The van der Waals surface area contributed by atoms with Gasteiger partial charge in [0.05, 0.1) is 14.2 Å². The smallest absolute Gasteiger partial charge is 0.319 e. The Bertz CT molecular complexity index is 972. The molecule has 3 atom stereocenters. The lowest BCUT2D eigenvalue weighted by molar-refractivity contribution is 0.156. The van der Waals surface area contributed by atoms with Gasteiger partial charge in [-0.2, -0.15) is 0 Å². The number of carbonyl (C=O) groups is 1. The van der Waals surface area contributed by atoms with E-state index in [9.17, 15) is 4.79 Å². The Morgan fingerprint density at radius 1 is 1.06 bits per heavy atom. The van der Waals surface area contributed by atoms with Crippen LogP contribution in [0.3, 0.4) is 0 Å². The van der Waals surface area contributed by atoms with Gasteiger partial charge in [-0.05, 0) is 81.9 Å². The van der Waals surface area contributed by atoms with Gasteiger partial charge in [0, 0.05) is 23.2 Å². The number of anilines is 1. The molecule has 2 aliphatic rings. The van der Waals surface area contributed by atoms with Crippen molar-refractivity contribution in [1.29, 1.82) is 0 Å². The van der Waals surface area contributed by atoms with Crippen LogP contribution in [0.15, 0.2) is 36.4 Å². The minimum absolute atomic E-state index is 0.0789. The molecule has 2 aromatic rings. The summed E-state index contributed by atoms with van der Waals surface area (Å²) in [5.41, 5.74) is 4.44. The van der Waals surface area contributed by atoms with Gasteiger partial charge in [-0.3, -0.25) is 0 Å². The van der Waals surface area contributed by atoms with Crippen LogP contribution in [-0.4, -0.2) is 50.8 Å². The van der Waals surface area contributed by atoms with E-state index < -0.39 is 0 Å². The monoisotopic (exact) mass is 437 g/mol. The fraction of sp³-hybridized carbons (Fsp3) is 0.500. The Kier molecular flexibility index (Phi) is 6.33. The number of hydrogen-bond acceptors (Lipinski definition) is 4. The van der Waals surface area contributed by atoms with Gasteiger partial charge in [-0.1, -0.05) is 24.3 Å². The fourth-order valence-corrected chi connectivity index (χ4v) is 5.74. The SMILES string of the molecule is COc1ccc([C@@]23CC[C@H](NC(=O)Nc4c(C)cccc4C)C[C@H]2N(C)CC3)cc1OC. The van der Waals surface area contributed by atoms with Crippen molar-refractivity contribution in [2.75, 3.05) is 33.1 Å². The van der Waals surface area contributed by atoms with Gasteiger partial charge in [0.1, 0.15) is 0 Å². The van der Waals surface area contributed by atoms with Crippen LogP contribution in [-0.2, 0) is 5.41 Å². The van der Waals surface area contributed by atoms with Crippen LogP contribution in [0.2, 0.25) is 0 Å². The third-order valence-corrected chi connectivity index (χ3v) is 7.54. The first kappa shape index (κ1) is 22.5. The van der Waals surface area contributed by atoms with Crippen LogP contribution >= 0.6 is 0 Å². The zero-order valence-electron chi connectivity index (χ0n) is 19.8. The summed E-state index contributed by atoms with van der Waals surface area (Å²) in [6.07, 6.45) is 4.04. The van der Waals surface area contributed by atoms with Gasteiger partial charge in [-0.15, -0.1) is 0 Å². The Morgan fingerprint density at radius 2 is 1.78 bits per heavy atom. The van der Waals surface area contributed by atoms with Gasteiger partial charge < -0.3 is 25.0 Å². The molecule has 2 fully saturated rings. The molecule has 1 aliphatic heterocycles. The molecule has 2 N–H and O–H groups in total. The zero-order valence-corrected chi connectivity index (χ0v) is 19.8. The van der Waals surface area contributed by atoms with E-state index in [0.29, 0.717) is 6.04 Å². The number of likely N-dealkylation sites (N-methyl/N-ethyl adjacent to an activating group) is 1. The van der Waals surface area contributed by atoms with Gasteiger partial charge in [0.25, 0.3) is 0 Å². The fourth-order valence-electron chi connectivity index (χ4n) is 5.74. The number of likely N-dealkylation sites (tertiary alicyclic amines) is 1. The van der Waals surface area contributed by atoms with Crippen molar-refractivity contribution in [1.82, 2.24) is 10.2 Å². The third kappa shape index (κ3) is 4.04. The first-order valence-corrected chi connectivity index (χ1v) is 11.4. The minimum atomic E-state index is -0.119. The van der Waals surface area contributed by atoms with Crippen LogP contribution in [0.25, 0.3) is 0 Å². The minimum Gasteiger partial charge on any atom is -0.493 e. The number of nitrogens with one attached hydrogen (secondary N) is 2. The molecule has 2 amide bonds. The van der Waals surface area contributed by atoms with Crippen LogP contribution in [0, 0.1) is 13.8 Å². The Labute approximate surface area is 191 Å². The van der Waals surface area contributed by atoms with Crippen molar-refractivity contribution in [3.05, 3.63) is 53.1 Å². The molecule has 172 valence electrons. The number of methoxy groups -OCH3 is 2. The number of carbonyl (C=O) groups excluding carboxylic acids is 1. The molecule has 1 saturated heterocycles. The molecular formula is C26H35N3O3. The summed E-state index contributed by atoms with van der Waals surface area (Å²) in [5, 5.41) is 6.31. The summed E-state index contributed by atoms with van der Waals surface area (Å²) in [5.74, 6) is 1.54. The number of fused-ring (bicyclic) bond motifs is 1. The molecule has 0 unspecified atom stereocenters. The molecule has 2 aromatic carbocycles. The second kappa shape index (κ2) is 9.02. The van der Waals surface area contributed by atoms with Crippen LogP contribution in [0.4, 0.5) is 10.5 Å². The molecule has 4 rings (SSSR count). The number of hydrogen-bond donors (Lipinski definition) is 2. The summed E-state index contributed by atoms with van der Waals surface area (Å²) in [7, 11) is 5.56. The first-order chi connectivity index (χ1) is 15.4. The Balaban J connectivity index is 1.50. The summed E-state index contributed by atoms with van der Waals surface area (Å²) in [6.45, 7) is 5.10. The van der Waals surface area contributed by atoms with Gasteiger partial charge in [0.2, 0.25) is 0 Å². The predicted octanol–water partition coefficient (Wildman–Crippen LogP) is 4.64. The molecule has 0 aromatic heterocycles. The molecule has 0 bridgehead atoms. The highest BCUT2D eigenvalue weighted by atomic mass is 16.5. The Hall–Kier alpha value is -2.73. The molecule has 1 aliphatic carbocycles. The predicted molar refractivity (Wildman–Crippen MR) is 128 cm³/mol. The lowest BCUT2D eigenvalue weighted by Gasteiger charge is -2.45. The van der Waals surface area contributed by atoms with Crippen molar-refractivity contribution in [2.24, 2.45) is 0 Å². The number of amides is 2. The number of nitrogens with zero attached hydrogens (tertiary/aromatic N) is 1. The molecule has 6 nitrogen and oxygen atoms in total. The van der Waals surface area contributed by atoms with E-state index in [1.807, 2.05) is 38.1 Å². The topological polar surface area (TPSA) is 62.8 Å². The number of para-hydroxylation sites is 1. The van der Waals surface area contributed by atoms with E-state index in [-0.39, 0.29) is 17.5 Å². The highest BCUT2D eigenvalue weighted by molar-refractivity contribution is 5.91. The van der Waals surface area contributed by atoms with E-state index in [4.69, 9.17) is 9.47 Å². The van der Waals surface area contributed by atoms with E-state index in [0.717, 1.165) is 60.5 Å². The molecule has 0 radical (unpaired) electrons. The second-order valence-corrected chi connectivity index (χ2v) is 9.31. The number of ether oxygens (including phenoxy) is 2. The maximum Gasteiger partial charge on any atom is 0.319 e. The van der Waals surface area contributed by atoms with E-state index in [1.54, 1.807) is 14.2 Å². The molecule has 6 heteroatoms. The number of rotatable bonds is 5. The highest BCUT2D eigenvalue weighted by Gasteiger charge is 2.50. The summed E-state index contributed by atoms with van der Waals surface area (Å²) in [6, 6.07) is 12.8. The zero-order chi connectivity index (χ0) is 22.9. The van der Waals surface area contributed by atoms with Crippen molar-refractivity contribution >= 4 is 11.7 Å². The maximum absolute atomic E-state index is 12.8. The van der Waals surface area contributed by atoms with Crippen LogP contribution in [0.1, 0.15) is 42.4 Å². The number of aryl methyl sites for hydroxylation is 2. The first-order valence-electron chi connectivity index (χ1n) is 11.4. The van der Waals surface area contributed by atoms with Crippen molar-refractivity contribution in [3.8, 4) is 11.5 Å². The quantitative estimate of drug-likeness (QED) is 0.716. The van der Waals surface area contributed by atoms with E-state index in [1.165, 1.54) is 5.56 Å². The molecule has 1 saturated carbocycles.